The summed E-state index contributed by atoms with van der Waals surface area (Å²) in [6.45, 7) is 6.76. The minimum Gasteiger partial charge on any atom is -0.457 e. The van der Waals surface area contributed by atoms with Crippen molar-refractivity contribution in [3.8, 4) is 11.5 Å². The number of anilines is 2. The highest BCUT2D eigenvalue weighted by Gasteiger charge is 2.35. The highest BCUT2D eigenvalue weighted by Crippen LogP contribution is 2.29. The van der Waals surface area contributed by atoms with Crippen LogP contribution in [0.5, 0.6) is 11.5 Å². The Kier molecular flexibility index (Phi) is 6.18. The molecule has 1 atom stereocenters. The maximum Gasteiger partial charge on any atom is 0.229 e. The maximum atomic E-state index is 13.2. The summed E-state index contributed by atoms with van der Waals surface area (Å²) in [5, 5.41) is 2.87. The van der Waals surface area contributed by atoms with Gasteiger partial charge in [-0.2, -0.15) is 0 Å². The average molecular weight is 447 g/mol. The molecule has 6 heteroatoms. The van der Waals surface area contributed by atoms with Crippen LogP contribution in [0.15, 0.2) is 72.8 Å². The first-order valence-corrected chi connectivity index (χ1v) is 10.9. The molecule has 1 aliphatic heterocycles. The summed E-state index contributed by atoms with van der Waals surface area (Å²) in [4.78, 5) is 26.6. The van der Waals surface area contributed by atoms with Gasteiger partial charge in [-0.15, -0.1) is 0 Å². The van der Waals surface area contributed by atoms with Crippen molar-refractivity contribution in [3.05, 3.63) is 84.2 Å². The van der Waals surface area contributed by atoms with Gasteiger partial charge in [0.2, 0.25) is 11.8 Å². The topological polar surface area (TPSA) is 58.6 Å². The Bertz CT molecular complexity index is 1130. The van der Waals surface area contributed by atoms with Gasteiger partial charge in [0.1, 0.15) is 17.3 Å². The van der Waals surface area contributed by atoms with Crippen molar-refractivity contribution in [3.63, 3.8) is 0 Å². The third-order valence-electron chi connectivity index (χ3n) is 5.71. The molecule has 0 spiro atoms. The normalized spacial score (nSPS) is 16.1. The molecule has 0 unspecified atom stereocenters. The molecule has 170 valence electrons. The van der Waals surface area contributed by atoms with Gasteiger partial charge in [0.15, 0.2) is 0 Å². The van der Waals surface area contributed by atoms with Gasteiger partial charge in [-0.25, -0.2) is 4.39 Å². The van der Waals surface area contributed by atoms with Crippen molar-refractivity contribution in [1.29, 1.82) is 0 Å². The first-order chi connectivity index (χ1) is 15.7. The third-order valence-corrected chi connectivity index (χ3v) is 5.71. The lowest BCUT2D eigenvalue weighted by Gasteiger charge is -2.19. The SMILES string of the molecule is CC(C)(C)c1ccc(Oc2ccc(NC(=O)[C@@H]3CC(=O)N(c4ccc(F)cc4)C3)cc2)cc1. The van der Waals surface area contributed by atoms with Gasteiger partial charge in [-0.05, 0) is 71.6 Å². The van der Waals surface area contributed by atoms with E-state index in [2.05, 4.69) is 38.2 Å². The van der Waals surface area contributed by atoms with Crippen LogP contribution in [-0.2, 0) is 15.0 Å². The zero-order valence-corrected chi connectivity index (χ0v) is 19.0. The Balaban J connectivity index is 1.34. The van der Waals surface area contributed by atoms with Gasteiger partial charge in [0, 0.05) is 24.3 Å². The number of nitrogens with zero attached hydrogens (tertiary/aromatic N) is 1. The lowest BCUT2D eigenvalue weighted by Crippen LogP contribution is -2.28. The lowest BCUT2D eigenvalue weighted by atomic mass is 9.87. The van der Waals surface area contributed by atoms with Crippen LogP contribution in [0.2, 0.25) is 0 Å². The van der Waals surface area contributed by atoms with E-state index >= 15 is 0 Å². The van der Waals surface area contributed by atoms with E-state index in [0.29, 0.717) is 17.1 Å². The average Bonchev–Trinajstić information content (AvgIpc) is 3.17. The summed E-state index contributed by atoms with van der Waals surface area (Å²) in [5.41, 5.74) is 2.53. The third kappa shape index (κ3) is 5.40. The molecule has 0 bridgehead atoms. The summed E-state index contributed by atoms with van der Waals surface area (Å²) in [6.07, 6.45) is 0.120. The van der Waals surface area contributed by atoms with Crippen molar-refractivity contribution < 1.29 is 18.7 Å². The molecule has 0 saturated carbocycles. The van der Waals surface area contributed by atoms with E-state index in [0.717, 1.165) is 5.75 Å². The molecule has 5 nitrogen and oxygen atoms in total. The Labute approximate surface area is 193 Å². The number of benzene rings is 3. The largest absolute Gasteiger partial charge is 0.457 e. The number of hydrogen-bond acceptors (Lipinski definition) is 3. The van der Waals surface area contributed by atoms with Crippen molar-refractivity contribution in [2.24, 2.45) is 5.92 Å². The second-order valence-corrected chi connectivity index (χ2v) is 9.27. The number of carbonyl (C=O) groups excluding carboxylic acids is 2. The lowest BCUT2D eigenvalue weighted by molar-refractivity contribution is -0.122. The number of hydrogen-bond donors (Lipinski definition) is 1. The fourth-order valence-electron chi connectivity index (χ4n) is 3.76. The maximum absolute atomic E-state index is 13.2. The van der Waals surface area contributed by atoms with Gasteiger partial charge in [-0.1, -0.05) is 32.9 Å². The van der Waals surface area contributed by atoms with Crippen LogP contribution in [0, 0.1) is 11.7 Å². The van der Waals surface area contributed by atoms with Crippen LogP contribution < -0.4 is 15.0 Å². The van der Waals surface area contributed by atoms with Crippen molar-refractivity contribution in [2.45, 2.75) is 32.6 Å². The fourth-order valence-corrected chi connectivity index (χ4v) is 3.76. The monoisotopic (exact) mass is 446 g/mol. The molecule has 1 fully saturated rings. The molecule has 1 saturated heterocycles. The zero-order chi connectivity index (χ0) is 23.6. The summed E-state index contributed by atoms with van der Waals surface area (Å²) < 4.78 is 19.1. The quantitative estimate of drug-likeness (QED) is 0.530. The summed E-state index contributed by atoms with van der Waals surface area (Å²) in [7, 11) is 0. The molecule has 1 aliphatic rings. The highest BCUT2D eigenvalue weighted by atomic mass is 19.1. The minimum absolute atomic E-state index is 0.0817. The standard InChI is InChI=1S/C27H27FN2O3/c1-27(2,3)19-4-12-23(13-5-19)33-24-14-8-21(9-15-24)29-26(32)18-16-25(31)30(17-18)22-10-6-20(28)7-11-22/h4-15,18H,16-17H2,1-3H3,(H,29,32)/t18-/m1/s1. The molecule has 3 aromatic carbocycles. The molecule has 3 aromatic rings. The molecule has 0 radical (unpaired) electrons. The van der Waals surface area contributed by atoms with Crippen molar-refractivity contribution in [1.82, 2.24) is 0 Å². The smallest absolute Gasteiger partial charge is 0.229 e. The van der Waals surface area contributed by atoms with Crippen molar-refractivity contribution >= 4 is 23.2 Å². The van der Waals surface area contributed by atoms with Crippen molar-refractivity contribution in [2.75, 3.05) is 16.8 Å². The first-order valence-electron chi connectivity index (χ1n) is 10.9. The molecule has 1 N–H and O–H groups in total. The molecule has 1 heterocycles. The Morgan fingerprint density at radius 1 is 0.939 bits per heavy atom. The van der Waals surface area contributed by atoms with Crippen LogP contribution in [0.4, 0.5) is 15.8 Å². The summed E-state index contributed by atoms with van der Waals surface area (Å²) in [5.74, 6) is 0.191. The van der Waals surface area contributed by atoms with Crippen LogP contribution >= 0.6 is 0 Å². The highest BCUT2D eigenvalue weighted by molar-refractivity contribution is 6.03. The van der Waals surface area contributed by atoms with Gasteiger partial charge in [-0.3, -0.25) is 9.59 Å². The van der Waals surface area contributed by atoms with E-state index in [1.165, 1.54) is 22.6 Å². The number of rotatable bonds is 5. The second-order valence-electron chi connectivity index (χ2n) is 9.27. The fraction of sp³-hybridized carbons (Fsp3) is 0.259. The number of ether oxygens (including phenoxy) is 1. The number of halogens is 1. The number of amides is 2. The molecular formula is C27H27FN2O3. The molecule has 0 aliphatic carbocycles. The van der Waals surface area contributed by atoms with Gasteiger partial charge >= 0.3 is 0 Å². The van der Waals surface area contributed by atoms with E-state index in [1.54, 1.807) is 36.4 Å². The predicted molar refractivity (Wildman–Crippen MR) is 127 cm³/mol. The summed E-state index contributed by atoms with van der Waals surface area (Å²) in [6, 6.07) is 20.8. The molecule has 2 amide bonds. The Morgan fingerprint density at radius 2 is 1.52 bits per heavy atom. The van der Waals surface area contributed by atoms with E-state index in [4.69, 9.17) is 4.74 Å². The Morgan fingerprint density at radius 3 is 2.09 bits per heavy atom. The van der Waals surface area contributed by atoms with E-state index in [9.17, 15) is 14.0 Å². The minimum atomic E-state index is -0.472. The second kappa shape index (κ2) is 9.06. The molecule has 0 aromatic heterocycles. The van der Waals surface area contributed by atoms with E-state index in [1.807, 2.05) is 12.1 Å². The Hall–Kier alpha value is -3.67. The predicted octanol–water partition coefficient (Wildman–Crippen LogP) is 5.91. The van der Waals surface area contributed by atoms with Crippen LogP contribution in [-0.4, -0.2) is 18.4 Å². The van der Waals surface area contributed by atoms with Gasteiger partial charge in [0.05, 0.1) is 5.92 Å². The first kappa shape index (κ1) is 22.5. The number of carbonyl (C=O) groups is 2. The van der Waals surface area contributed by atoms with E-state index < -0.39 is 5.92 Å². The molecule has 4 rings (SSSR count). The van der Waals surface area contributed by atoms with Crippen LogP contribution in [0.1, 0.15) is 32.8 Å². The van der Waals surface area contributed by atoms with Gasteiger partial charge in [0.25, 0.3) is 0 Å². The summed E-state index contributed by atoms with van der Waals surface area (Å²) >= 11 is 0. The van der Waals surface area contributed by atoms with Gasteiger partial charge < -0.3 is 15.0 Å². The molecular weight excluding hydrogens is 419 g/mol. The molecule has 33 heavy (non-hydrogen) atoms. The number of nitrogens with one attached hydrogen (secondary N) is 1. The zero-order valence-electron chi connectivity index (χ0n) is 19.0. The van der Waals surface area contributed by atoms with Crippen LogP contribution in [0.25, 0.3) is 0 Å². The van der Waals surface area contributed by atoms with Crippen LogP contribution in [0.3, 0.4) is 0 Å². The van der Waals surface area contributed by atoms with E-state index in [-0.39, 0.29) is 36.0 Å².